The Balaban J connectivity index is 1.81. The molecule has 0 saturated carbocycles. The van der Waals surface area contributed by atoms with Crippen molar-refractivity contribution in [2.45, 2.75) is 44.8 Å². The molecule has 2 amide bonds. The van der Waals surface area contributed by atoms with Crippen LogP contribution in [-0.2, 0) is 16.1 Å². The fourth-order valence-electron chi connectivity index (χ4n) is 3.62. The molecule has 2 aliphatic rings. The highest BCUT2D eigenvalue weighted by Gasteiger charge is 2.47. The van der Waals surface area contributed by atoms with Crippen molar-refractivity contribution in [2.24, 2.45) is 0 Å². The highest BCUT2D eigenvalue weighted by Crippen LogP contribution is 2.30. The second-order valence-electron chi connectivity index (χ2n) is 6.69. The SMILES string of the molecule is CCCn1nccc1C(=O)N1CCOC2(CCCCN(C)C2=O)C1. The minimum Gasteiger partial charge on any atom is -0.361 e. The van der Waals surface area contributed by atoms with Gasteiger partial charge >= 0.3 is 0 Å². The summed E-state index contributed by atoms with van der Waals surface area (Å²) in [6.45, 7) is 4.75. The molecule has 3 heterocycles. The normalized spacial score (nSPS) is 25.2. The lowest BCUT2D eigenvalue weighted by atomic mass is 9.94. The number of hydrogen-bond donors (Lipinski definition) is 0. The smallest absolute Gasteiger partial charge is 0.272 e. The molecule has 132 valence electrons. The number of hydrogen-bond acceptors (Lipinski definition) is 4. The summed E-state index contributed by atoms with van der Waals surface area (Å²) in [5.74, 6) is -0.0668. The van der Waals surface area contributed by atoms with Gasteiger partial charge in [-0.15, -0.1) is 0 Å². The summed E-state index contributed by atoms with van der Waals surface area (Å²) in [4.78, 5) is 29.2. The maximum absolute atomic E-state index is 12.9. The maximum atomic E-state index is 12.9. The highest BCUT2D eigenvalue weighted by atomic mass is 16.5. The standard InChI is InChI=1S/C17H26N4O3/c1-3-9-21-14(6-8-18-21)15(22)20-11-12-24-17(13-20)7-4-5-10-19(2)16(17)23/h6,8H,3-5,7,9-13H2,1-2H3. The van der Waals surface area contributed by atoms with E-state index in [1.54, 1.807) is 26.7 Å². The molecular formula is C17H26N4O3. The van der Waals surface area contributed by atoms with Crippen molar-refractivity contribution in [2.75, 3.05) is 33.3 Å². The molecule has 1 spiro atoms. The Hall–Kier alpha value is -1.89. The third kappa shape index (κ3) is 3.05. The summed E-state index contributed by atoms with van der Waals surface area (Å²) in [5.41, 5.74) is -0.294. The van der Waals surface area contributed by atoms with E-state index >= 15 is 0 Å². The van der Waals surface area contributed by atoms with Crippen LogP contribution in [0.15, 0.2) is 12.3 Å². The molecule has 1 aromatic heterocycles. The van der Waals surface area contributed by atoms with Gasteiger partial charge in [0.15, 0.2) is 5.60 Å². The van der Waals surface area contributed by atoms with Crippen LogP contribution in [0.5, 0.6) is 0 Å². The van der Waals surface area contributed by atoms with E-state index in [9.17, 15) is 9.59 Å². The molecule has 2 fully saturated rings. The zero-order valence-electron chi connectivity index (χ0n) is 14.5. The van der Waals surface area contributed by atoms with Crippen LogP contribution in [-0.4, -0.2) is 70.3 Å². The van der Waals surface area contributed by atoms with Crippen molar-refractivity contribution in [3.8, 4) is 0 Å². The number of ether oxygens (including phenoxy) is 1. The van der Waals surface area contributed by atoms with Crippen molar-refractivity contribution in [3.05, 3.63) is 18.0 Å². The number of carbonyl (C=O) groups is 2. The van der Waals surface area contributed by atoms with Crippen LogP contribution < -0.4 is 0 Å². The fourth-order valence-corrected chi connectivity index (χ4v) is 3.62. The second kappa shape index (κ2) is 6.93. The first kappa shape index (κ1) is 17.0. The Morgan fingerprint density at radius 2 is 2.21 bits per heavy atom. The zero-order chi connectivity index (χ0) is 17.2. The lowest BCUT2D eigenvalue weighted by molar-refractivity contribution is -0.166. The molecule has 3 rings (SSSR count). The Labute approximate surface area is 142 Å². The molecule has 1 unspecified atom stereocenters. The average molecular weight is 334 g/mol. The number of morpholine rings is 1. The topological polar surface area (TPSA) is 67.7 Å². The summed E-state index contributed by atoms with van der Waals surface area (Å²) in [6, 6.07) is 1.75. The van der Waals surface area contributed by atoms with E-state index in [1.165, 1.54) is 0 Å². The van der Waals surface area contributed by atoms with Crippen molar-refractivity contribution in [1.29, 1.82) is 0 Å². The molecular weight excluding hydrogens is 308 g/mol. The van der Waals surface area contributed by atoms with Crippen LogP contribution in [0.1, 0.15) is 43.1 Å². The van der Waals surface area contributed by atoms with Gasteiger partial charge in [-0.3, -0.25) is 14.3 Å². The molecule has 0 bridgehead atoms. The van der Waals surface area contributed by atoms with Gasteiger partial charge in [-0.1, -0.05) is 6.92 Å². The third-order valence-electron chi connectivity index (χ3n) is 4.90. The minimum atomic E-state index is -0.880. The summed E-state index contributed by atoms with van der Waals surface area (Å²) >= 11 is 0. The number of carbonyl (C=O) groups excluding carboxylic acids is 2. The van der Waals surface area contributed by atoms with Gasteiger partial charge in [-0.05, 0) is 31.7 Å². The Kier molecular flexibility index (Phi) is 4.89. The van der Waals surface area contributed by atoms with Gasteiger partial charge in [-0.25, -0.2) is 0 Å². The van der Waals surface area contributed by atoms with Crippen LogP contribution in [0.4, 0.5) is 0 Å². The number of aromatic nitrogens is 2. The molecule has 1 aromatic rings. The summed E-state index contributed by atoms with van der Waals surface area (Å²) in [5, 5.41) is 4.23. The highest BCUT2D eigenvalue weighted by molar-refractivity contribution is 5.94. The summed E-state index contributed by atoms with van der Waals surface area (Å²) in [7, 11) is 1.82. The van der Waals surface area contributed by atoms with Gasteiger partial charge in [0, 0.05) is 32.9 Å². The van der Waals surface area contributed by atoms with E-state index in [0.717, 1.165) is 25.8 Å². The molecule has 0 radical (unpaired) electrons. The van der Waals surface area contributed by atoms with E-state index in [1.807, 2.05) is 7.05 Å². The number of rotatable bonds is 3. The lowest BCUT2D eigenvalue weighted by Gasteiger charge is -2.42. The predicted octanol–water partition coefficient (Wildman–Crippen LogP) is 1.15. The van der Waals surface area contributed by atoms with Crippen molar-refractivity contribution in [3.63, 3.8) is 0 Å². The first-order valence-electron chi connectivity index (χ1n) is 8.78. The van der Waals surface area contributed by atoms with Gasteiger partial charge in [0.05, 0.1) is 13.2 Å². The van der Waals surface area contributed by atoms with Crippen LogP contribution in [0.3, 0.4) is 0 Å². The molecule has 0 aliphatic carbocycles. The fraction of sp³-hybridized carbons (Fsp3) is 0.706. The Morgan fingerprint density at radius 1 is 1.38 bits per heavy atom. The Bertz CT molecular complexity index is 615. The van der Waals surface area contributed by atoms with Crippen LogP contribution in [0.2, 0.25) is 0 Å². The van der Waals surface area contributed by atoms with Crippen molar-refractivity contribution in [1.82, 2.24) is 19.6 Å². The zero-order valence-corrected chi connectivity index (χ0v) is 14.5. The summed E-state index contributed by atoms with van der Waals surface area (Å²) in [6.07, 6.45) is 5.16. The summed E-state index contributed by atoms with van der Waals surface area (Å²) < 4.78 is 7.68. The first-order chi connectivity index (χ1) is 11.6. The van der Waals surface area contributed by atoms with Crippen LogP contribution in [0.25, 0.3) is 0 Å². The molecule has 24 heavy (non-hydrogen) atoms. The molecule has 2 aliphatic heterocycles. The Morgan fingerprint density at radius 3 is 3.00 bits per heavy atom. The van der Waals surface area contributed by atoms with E-state index in [0.29, 0.717) is 38.4 Å². The molecule has 7 nitrogen and oxygen atoms in total. The minimum absolute atomic E-state index is 0.000402. The van der Waals surface area contributed by atoms with E-state index < -0.39 is 5.60 Å². The molecule has 1 atom stereocenters. The number of amides is 2. The van der Waals surface area contributed by atoms with E-state index in [2.05, 4.69) is 12.0 Å². The molecule has 0 aromatic carbocycles. The van der Waals surface area contributed by atoms with Gasteiger partial charge in [0.2, 0.25) is 0 Å². The van der Waals surface area contributed by atoms with Crippen LogP contribution in [0, 0.1) is 0 Å². The second-order valence-corrected chi connectivity index (χ2v) is 6.69. The van der Waals surface area contributed by atoms with Gasteiger partial charge < -0.3 is 14.5 Å². The number of nitrogens with zero attached hydrogens (tertiary/aromatic N) is 4. The first-order valence-corrected chi connectivity index (χ1v) is 8.78. The van der Waals surface area contributed by atoms with Crippen molar-refractivity contribution < 1.29 is 14.3 Å². The number of likely N-dealkylation sites (tertiary alicyclic amines) is 1. The molecule has 0 N–H and O–H groups in total. The quantitative estimate of drug-likeness (QED) is 0.831. The number of aryl methyl sites for hydroxylation is 1. The van der Waals surface area contributed by atoms with Gasteiger partial charge in [0.25, 0.3) is 11.8 Å². The largest absolute Gasteiger partial charge is 0.361 e. The van der Waals surface area contributed by atoms with Gasteiger partial charge in [-0.2, -0.15) is 5.10 Å². The average Bonchev–Trinajstić information content (AvgIpc) is 3.01. The number of likely N-dealkylation sites (N-methyl/N-ethyl adjacent to an activating group) is 1. The van der Waals surface area contributed by atoms with E-state index in [4.69, 9.17) is 4.74 Å². The lowest BCUT2D eigenvalue weighted by Crippen LogP contribution is -2.60. The van der Waals surface area contributed by atoms with Crippen LogP contribution >= 0.6 is 0 Å². The maximum Gasteiger partial charge on any atom is 0.272 e. The third-order valence-corrected chi connectivity index (χ3v) is 4.90. The van der Waals surface area contributed by atoms with E-state index in [-0.39, 0.29) is 11.8 Å². The monoisotopic (exact) mass is 334 g/mol. The van der Waals surface area contributed by atoms with Gasteiger partial charge in [0.1, 0.15) is 5.69 Å². The molecule has 2 saturated heterocycles. The molecule has 7 heteroatoms. The predicted molar refractivity (Wildman–Crippen MR) is 88.6 cm³/mol. The van der Waals surface area contributed by atoms with Crippen molar-refractivity contribution >= 4 is 11.8 Å².